The minimum absolute atomic E-state index is 0.542. The molecule has 0 aliphatic carbocycles. The molecular formula is C10H12O11. The van der Waals surface area contributed by atoms with Gasteiger partial charge in [-0.1, -0.05) is 0 Å². The lowest BCUT2D eigenvalue weighted by Crippen LogP contribution is -2.55. The lowest BCUT2D eigenvalue weighted by Gasteiger charge is -2.30. The highest BCUT2D eigenvalue weighted by Crippen LogP contribution is 2.26. The highest BCUT2D eigenvalue weighted by molar-refractivity contribution is 6.00. The first-order valence-corrected chi connectivity index (χ1v) is 5.24. The first kappa shape index (κ1) is 18.3. The van der Waals surface area contributed by atoms with Gasteiger partial charge in [0.15, 0.2) is 17.6 Å². The van der Waals surface area contributed by atoms with Crippen LogP contribution in [0.1, 0.15) is 13.3 Å². The summed E-state index contributed by atoms with van der Waals surface area (Å²) < 4.78 is 4.51. The van der Waals surface area contributed by atoms with Crippen LogP contribution in [0.2, 0.25) is 0 Å². The van der Waals surface area contributed by atoms with Crippen molar-refractivity contribution in [2.75, 3.05) is 0 Å². The molecule has 0 aromatic carbocycles. The van der Waals surface area contributed by atoms with Gasteiger partial charge in [-0.15, -0.1) is 0 Å². The molecule has 118 valence electrons. The molecule has 0 spiro atoms. The molecule has 11 heteroatoms. The number of hydrogen-bond acceptors (Lipinski definition) is 6. The third kappa shape index (κ3) is 4.42. The highest BCUT2D eigenvalue weighted by Gasteiger charge is 2.54. The molecule has 0 saturated heterocycles. The number of carbonyl (C=O) groups is 5. The Bertz CT molecular complexity index is 467. The molecule has 0 aliphatic rings. The van der Waals surface area contributed by atoms with E-state index in [1.54, 1.807) is 0 Å². The van der Waals surface area contributed by atoms with Crippen LogP contribution < -0.4 is 0 Å². The average Bonchev–Trinajstić information content (AvgIpc) is 2.25. The third-order valence-electron chi connectivity index (χ3n) is 2.49. The Hall–Kier alpha value is -2.69. The minimum Gasteiger partial charge on any atom is -0.481 e. The fourth-order valence-corrected chi connectivity index (χ4v) is 1.45. The van der Waals surface area contributed by atoms with Crippen LogP contribution in [0.5, 0.6) is 0 Å². The van der Waals surface area contributed by atoms with Crippen molar-refractivity contribution >= 4 is 29.8 Å². The van der Waals surface area contributed by atoms with Gasteiger partial charge in [0.1, 0.15) is 0 Å². The van der Waals surface area contributed by atoms with Crippen molar-refractivity contribution in [1.29, 1.82) is 0 Å². The standard InChI is InChI=1S/C10H12O11/c1-10(9(19)20,5(7(15)16)8(17)18)21-3(6(13)14)2-4(11)12/h3,5H,2H2,1H3,(H,11,12)(H,13,14)(H,15,16)(H,17,18)(H,19,20). The fraction of sp³-hybridized carbons (Fsp3) is 0.500. The molecule has 0 heterocycles. The van der Waals surface area contributed by atoms with Gasteiger partial charge in [0, 0.05) is 0 Å². The molecule has 5 N–H and O–H groups in total. The second-order valence-corrected chi connectivity index (χ2v) is 4.06. The molecule has 0 bridgehead atoms. The van der Waals surface area contributed by atoms with Gasteiger partial charge in [0.05, 0.1) is 6.42 Å². The van der Waals surface area contributed by atoms with Crippen LogP contribution in [0.25, 0.3) is 0 Å². The second-order valence-electron chi connectivity index (χ2n) is 4.06. The Balaban J connectivity index is 5.69. The topological polar surface area (TPSA) is 196 Å². The first-order valence-electron chi connectivity index (χ1n) is 5.24. The summed E-state index contributed by atoms with van der Waals surface area (Å²) in [6.07, 6.45) is -3.41. The lowest BCUT2D eigenvalue weighted by atomic mass is 9.88. The van der Waals surface area contributed by atoms with Crippen LogP contribution in [-0.4, -0.2) is 67.1 Å². The van der Waals surface area contributed by atoms with Gasteiger partial charge in [-0.2, -0.15) is 0 Å². The van der Waals surface area contributed by atoms with Gasteiger partial charge in [0.25, 0.3) is 0 Å². The smallest absolute Gasteiger partial charge is 0.337 e. The maximum Gasteiger partial charge on any atom is 0.337 e. The van der Waals surface area contributed by atoms with E-state index in [0.717, 1.165) is 0 Å². The molecular weight excluding hydrogens is 296 g/mol. The molecule has 2 unspecified atom stereocenters. The number of ether oxygens (including phenoxy) is 1. The van der Waals surface area contributed by atoms with Crippen molar-refractivity contribution < 1.29 is 54.2 Å². The average molecular weight is 308 g/mol. The Kier molecular flexibility index (Phi) is 5.80. The number of carboxylic acid groups (broad SMARTS) is 5. The zero-order chi connectivity index (χ0) is 17.0. The molecule has 21 heavy (non-hydrogen) atoms. The summed E-state index contributed by atoms with van der Waals surface area (Å²) in [5.41, 5.74) is -2.98. The van der Waals surface area contributed by atoms with E-state index in [2.05, 4.69) is 4.74 Å². The molecule has 2 atom stereocenters. The van der Waals surface area contributed by atoms with Crippen molar-refractivity contribution in [1.82, 2.24) is 0 Å². The van der Waals surface area contributed by atoms with E-state index >= 15 is 0 Å². The van der Waals surface area contributed by atoms with E-state index < -0.39 is 53.9 Å². The lowest BCUT2D eigenvalue weighted by molar-refractivity contribution is -0.201. The zero-order valence-corrected chi connectivity index (χ0v) is 10.5. The number of rotatable bonds is 9. The molecule has 11 nitrogen and oxygen atoms in total. The molecule has 0 radical (unpaired) electrons. The van der Waals surface area contributed by atoms with Crippen molar-refractivity contribution in [3.63, 3.8) is 0 Å². The van der Waals surface area contributed by atoms with Crippen LogP contribution in [0.15, 0.2) is 0 Å². The maximum atomic E-state index is 11.1. The van der Waals surface area contributed by atoms with Gasteiger partial charge >= 0.3 is 29.8 Å². The minimum atomic E-state index is -2.98. The molecule has 0 rings (SSSR count). The Morgan fingerprint density at radius 3 is 1.57 bits per heavy atom. The fourth-order valence-electron chi connectivity index (χ4n) is 1.45. The molecule has 0 saturated carbocycles. The van der Waals surface area contributed by atoms with Crippen molar-refractivity contribution in [2.24, 2.45) is 5.92 Å². The van der Waals surface area contributed by atoms with Gasteiger partial charge < -0.3 is 30.3 Å². The molecule has 0 aliphatic heterocycles. The van der Waals surface area contributed by atoms with E-state index in [1.807, 2.05) is 0 Å². The largest absolute Gasteiger partial charge is 0.481 e. The Morgan fingerprint density at radius 1 is 0.905 bits per heavy atom. The van der Waals surface area contributed by atoms with Crippen molar-refractivity contribution in [3.8, 4) is 0 Å². The van der Waals surface area contributed by atoms with E-state index in [4.69, 9.17) is 25.5 Å². The van der Waals surface area contributed by atoms with Gasteiger partial charge in [-0.25, -0.2) is 9.59 Å². The summed E-state index contributed by atoms with van der Waals surface area (Å²) in [7, 11) is 0. The van der Waals surface area contributed by atoms with Crippen LogP contribution in [0.3, 0.4) is 0 Å². The summed E-state index contributed by atoms with van der Waals surface area (Å²) in [6, 6.07) is 0. The molecule has 0 amide bonds. The van der Waals surface area contributed by atoms with Gasteiger partial charge in [-0.3, -0.25) is 14.4 Å². The first-order chi connectivity index (χ1) is 9.43. The van der Waals surface area contributed by atoms with Crippen molar-refractivity contribution in [3.05, 3.63) is 0 Å². The van der Waals surface area contributed by atoms with E-state index in [-0.39, 0.29) is 0 Å². The van der Waals surface area contributed by atoms with E-state index in [1.165, 1.54) is 0 Å². The van der Waals surface area contributed by atoms with Crippen LogP contribution in [0.4, 0.5) is 0 Å². The monoisotopic (exact) mass is 308 g/mol. The van der Waals surface area contributed by atoms with E-state index in [0.29, 0.717) is 6.92 Å². The SMILES string of the molecule is CC(OC(CC(=O)O)C(=O)O)(C(=O)O)C(C(=O)O)C(=O)O. The van der Waals surface area contributed by atoms with Crippen molar-refractivity contribution in [2.45, 2.75) is 25.0 Å². The number of hydrogen-bond donors (Lipinski definition) is 5. The Morgan fingerprint density at radius 2 is 1.33 bits per heavy atom. The predicted molar refractivity (Wildman–Crippen MR) is 59.6 cm³/mol. The van der Waals surface area contributed by atoms with Crippen LogP contribution >= 0.6 is 0 Å². The summed E-state index contributed by atoms with van der Waals surface area (Å²) in [5, 5.41) is 43.8. The van der Waals surface area contributed by atoms with Crippen LogP contribution in [-0.2, 0) is 28.7 Å². The molecule has 0 aromatic rings. The number of carboxylic acids is 5. The summed E-state index contributed by atoms with van der Waals surface area (Å²) >= 11 is 0. The second kappa shape index (κ2) is 6.65. The third-order valence-corrected chi connectivity index (χ3v) is 2.49. The molecule has 0 fully saturated rings. The van der Waals surface area contributed by atoms with E-state index in [9.17, 15) is 24.0 Å². The predicted octanol–water partition coefficient (Wildman–Crippen LogP) is -1.44. The van der Waals surface area contributed by atoms with Gasteiger partial charge in [0.2, 0.25) is 0 Å². The van der Waals surface area contributed by atoms with Crippen LogP contribution in [0, 0.1) is 5.92 Å². The normalized spacial score (nSPS) is 15.0. The maximum absolute atomic E-state index is 11.1. The summed E-state index contributed by atoms with van der Waals surface area (Å²) in [6.45, 7) is 0.542. The highest BCUT2D eigenvalue weighted by atomic mass is 16.6. The Labute approximate surface area is 116 Å². The van der Waals surface area contributed by atoms with Gasteiger partial charge in [-0.05, 0) is 6.92 Å². The zero-order valence-electron chi connectivity index (χ0n) is 10.5. The quantitative estimate of drug-likeness (QED) is 0.313. The number of aliphatic carboxylic acids is 5. The summed E-state index contributed by atoms with van der Waals surface area (Å²) in [5.74, 6) is -12.4. The summed E-state index contributed by atoms with van der Waals surface area (Å²) in [4.78, 5) is 54.2. The molecule has 0 aromatic heterocycles.